The van der Waals surface area contributed by atoms with Crippen molar-refractivity contribution >= 4 is 12.6 Å². The Bertz CT molecular complexity index is 58.3. The molecule has 0 bridgehead atoms. The molecular weight excluding hydrogens is 144 g/mol. The van der Waals surface area contributed by atoms with Crippen LogP contribution >= 0.6 is 12.6 Å². The number of thiol groups is 1. The lowest BCUT2D eigenvalue weighted by Gasteiger charge is -2.07. The Morgan fingerprint density at radius 3 is 2.40 bits per heavy atom. The Hall–Kier alpha value is 0.310. The molecule has 10 heavy (non-hydrogen) atoms. The highest BCUT2D eigenvalue weighted by Crippen LogP contribution is 2.06. The zero-order chi connectivity index (χ0) is 7.82. The zero-order valence-corrected chi connectivity index (χ0v) is 7.61. The average Bonchev–Trinajstić information content (AvgIpc) is 1.97. The molecule has 0 saturated heterocycles. The van der Waals surface area contributed by atoms with E-state index >= 15 is 0 Å². The maximum Gasteiger partial charge on any atom is 0.0540 e. The van der Waals surface area contributed by atoms with Gasteiger partial charge in [0.1, 0.15) is 0 Å². The van der Waals surface area contributed by atoms with E-state index in [1.807, 2.05) is 0 Å². The minimum atomic E-state index is -0.0768. The van der Waals surface area contributed by atoms with Crippen LogP contribution in [0.2, 0.25) is 0 Å². The molecule has 1 atom stereocenters. The Morgan fingerprint density at radius 1 is 1.30 bits per heavy atom. The van der Waals surface area contributed by atoms with Crippen LogP contribution in [0.15, 0.2) is 0 Å². The summed E-state index contributed by atoms with van der Waals surface area (Å²) in [5.74, 6) is 0.892. The maximum atomic E-state index is 9.28. The number of aliphatic hydroxyl groups excluding tert-OH is 1. The first-order chi connectivity index (χ1) is 4.81. The first-order valence-corrected chi connectivity index (χ1v) is 4.73. The highest BCUT2D eigenvalue weighted by atomic mass is 32.1. The van der Waals surface area contributed by atoms with Crippen LogP contribution in [0.4, 0.5) is 0 Å². The Morgan fingerprint density at radius 2 is 1.90 bits per heavy atom. The van der Waals surface area contributed by atoms with Gasteiger partial charge in [-0.2, -0.15) is 12.6 Å². The van der Waals surface area contributed by atoms with Gasteiger partial charge >= 0.3 is 0 Å². The number of rotatable bonds is 6. The van der Waals surface area contributed by atoms with Crippen LogP contribution in [-0.2, 0) is 0 Å². The van der Waals surface area contributed by atoms with Crippen LogP contribution in [0.5, 0.6) is 0 Å². The molecule has 0 aromatic heterocycles. The standard InChI is InChI=1S/C8H18OS/c1-2-3-5-8(9)6-4-7-10/h8-10H,2-7H2,1H3. The Kier molecular flexibility index (Phi) is 7.65. The second kappa shape index (κ2) is 7.42. The molecular formula is C8H18OS. The van der Waals surface area contributed by atoms with Crippen molar-refractivity contribution in [2.24, 2.45) is 0 Å². The number of unbranched alkanes of at least 4 members (excludes halogenated alkanes) is 1. The minimum Gasteiger partial charge on any atom is -0.393 e. The summed E-state index contributed by atoms with van der Waals surface area (Å²) in [6.45, 7) is 2.14. The summed E-state index contributed by atoms with van der Waals surface area (Å²) in [7, 11) is 0. The van der Waals surface area contributed by atoms with E-state index in [4.69, 9.17) is 0 Å². The SMILES string of the molecule is CCCCC(O)CCCS. The summed E-state index contributed by atoms with van der Waals surface area (Å²) < 4.78 is 0. The van der Waals surface area contributed by atoms with Gasteiger partial charge in [-0.25, -0.2) is 0 Å². The van der Waals surface area contributed by atoms with Crippen LogP contribution in [0.25, 0.3) is 0 Å². The lowest BCUT2D eigenvalue weighted by Crippen LogP contribution is -2.05. The normalized spacial score (nSPS) is 13.5. The zero-order valence-electron chi connectivity index (χ0n) is 6.71. The van der Waals surface area contributed by atoms with Crippen LogP contribution in [0, 0.1) is 0 Å². The van der Waals surface area contributed by atoms with Crippen LogP contribution in [-0.4, -0.2) is 17.0 Å². The van der Waals surface area contributed by atoms with Crippen LogP contribution < -0.4 is 0 Å². The molecule has 0 aliphatic heterocycles. The molecule has 0 aliphatic carbocycles. The number of hydrogen-bond donors (Lipinski definition) is 2. The molecule has 1 nitrogen and oxygen atoms in total. The largest absolute Gasteiger partial charge is 0.393 e. The lowest BCUT2D eigenvalue weighted by atomic mass is 10.1. The van der Waals surface area contributed by atoms with E-state index in [1.54, 1.807) is 0 Å². The van der Waals surface area contributed by atoms with Gasteiger partial charge in [0.2, 0.25) is 0 Å². The summed E-state index contributed by atoms with van der Waals surface area (Å²) >= 11 is 4.08. The van der Waals surface area contributed by atoms with Crippen molar-refractivity contribution < 1.29 is 5.11 Å². The van der Waals surface area contributed by atoms with Crippen molar-refractivity contribution in [3.05, 3.63) is 0 Å². The summed E-state index contributed by atoms with van der Waals surface area (Å²) in [5, 5.41) is 9.28. The molecule has 1 N–H and O–H groups in total. The van der Waals surface area contributed by atoms with Gasteiger partial charge in [0.05, 0.1) is 6.10 Å². The molecule has 0 fully saturated rings. The molecule has 1 unspecified atom stereocenters. The van der Waals surface area contributed by atoms with Gasteiger partial charge in [0.25, 0.3) is 0 Å². The molecule has 0 rings (SSSR count). The third kappa shape index (κ3) is 6.43. The average molecular weight is 162 g/mol. The fourth-order valence-electron chi connectivity index (χ4n) is 0.911. The molecule has 0 aromatic carbocycles. The van der Waals surface area contributed by atoms with Gasteiger partial charge in [-0.15, -0.1) is 0 Å². The third-order valence-corrected chi connectivity index (χ3v) is 1.90. The summed E-state index contributed by atoms with van der Waals surface area (Å²) in [4.78, 5) is 0. The van der Waals surface area contributed by atoms with Crippen LogP contribution in [0.3, 0.4) is 0 Å². The minimum absolute atomic E-state index is 0.0768. The fraction of sp³-hybridized carbons (Fsp3) is 1.00. The monoisotopic (exact) mass is 162 g/mol. The third-order valence-electron chi connectivity index (χ3n) is 1.59. The van der Waals surface area contributed by atoms with E-state index in [-0.39, 0.29) is 6.10 Å². The lowest BCUT2D eigenvalue weighted by molar-refractivity contribution is 0.151. The van der Waals surface area contributed by atoms with Gasteiger partial charge in [-0.05, 0) is 25.0 Å². The molecule has 0 amide bonds. The van der Waals surface area contributed by atoms with Gasteiger partial charge in [0.15, 0.2) is 0 Å². The van der Waals surface area contributed by atoms with E-state index in [0.29, 0.717) is 0 Å². The predicted octanol–water partition coefficient (Wildman–Crippen LogP) is 2.25. The van der Waals surface area contributed by atoms with Crippen molar-refractivity contribution in [3.63, 3.8) is 0 Å². The molecule has 0 radical (unpaired) electrons. The van der Waals surface area contributed by atoms with E-state index in [0.717, 1.165) is 31.4 Å². The Balaban J connectivity index is 3.00. The second-order valence-corrected chi connectivity index (χ2v) is 3.11. The van der Waals surface area contributed by atoms with Crippen molar-refractivity contribution in [1.29, 1.82) is 0 Å². The first kappa shape index (κ1) is 10.3. The van der Waals surface area contributed by atoms with Crippen LogP contribution in [0.1, 0.15) is 39.0 Å². The first-order valence-electron chi connectivity index (χ1n) is 4.10. The van der Waals surface area contributed by atoms with Gasteiger partial charge < -0.3 is 5.11 Å². The molecule has 0 saturated carbocycles. The molecule has 62 valence electrons. The molecule has 2 heteroatoms. The van der Waals surface area contributed by atoms with Gasteiger partial charge in [0, 0.05) is 0 Å². The van der Waals surface area contributed by atoms with E-state index in [9.17, 15) is 5.11 Å². The summed E-state index contributed by atoms with van der Waals surface area (Å²) in [6, 6.07) is 0. The highest BCUT2D eigenvalue weighted by Gasteiger charge is 2.00. The van der Waals surface area contributed by atoms with Crippen molar-refractivity contribution in [2.75, 3.05) is 5.75 Å². The van der Waals surface area contributed by atoms with Crippen molar-refractivity contribution in [2.45, 2.75) is 45.1 Å². The summed E-state index contributed by atoms with van der Waals surface area (Å²) in [5.41, 5.74) is 0. The Labute approximate surface area is 69.2 Å². The van der Waals surface area contributed by atoms with Crippen molar-refractivity contribution in [1.82, 2.24) is 0 Å². The quantitative estimate of drug-likeness (QED) is 0.574. The highest BCUT2D eigenvalue weighted by molar-refractivity contribution is 7.80. The second-order valence-electron chi connectivity index (χ2n) is 2.66. The van der Waals surface area contributed by atoms with E-state index < -0.39 is 0 Å². The fourth-order valence-corrected chi connectivity index (χ4v) is 1.09. The molecule has 0 heterocycles. The smallest absolute Gasteiger partial charge is 0.0540 e. The van der Waals surface area contributed by atoms with Gasteiger partial charge in [-0.1, -0.05) is 19.8 Å². The number of aliphatic hydroxyl groups is 1. The number of hydrogen-bond acceptors (Lipinski definition) is 2. The maximum absolute atomic E-state index is 9.28. The molecule has 0 aromatic rings. The van der Waals surface area contributed by atoms with E-state index in [1.165, 1.54) is 6.42 Å². The molecule has 0 spiro atoms. The topological polar surface area (TPSA) is 20.2 Å². The molecule has 0 aliphatic rings. The van der Waals surface area contributed by atoms with E-state index in [2.05, 4.69) is 19.6 Å². The van der Waals surface area contributed by atoms with Crippen molar-refractivity contribution in [3.8, 4) is 0 Å². The predicted molar refractivity (Wildman–Crippen MR) is 48.6 cm³/mol. The van der Waals surface area contributed by atoms with Gasteiger partial charge in [-0.3, -0.25) is 0 Å². The summed E-state index contributed by atoms with van der Waals surface area (Å²) in [6.07, 6.45) is 5.17.